The van der Waals surface area contributed by atoms with E-state index < -0.39 is 10.0 Å². The Morgan fingerprint density at radius 1 is 1.32 bits per heavy atom. The van der Waals surface area contributed by atoms with Gasteiger partial charge in [0.25, 0.3) is 0 Å². The SMILES string of the molecule is CCNC(=NCCCOCC1CCCO1)NCCc1ccc(S(N)(=O)=O)cc1. The number of benzene rings is 1. The normalized spacial score (nSPS) is 17.6. The van der Waals surface area contributed by atoms with Gasteiger partial charge in [-0.15, -0.1) is 0 Å². The number of rotatable bonds is 11. The van der Waals surface area contributed by atoms with Crippen LogP contribution in [0, 0.1) is 0 Å². The fourth-order valence-electron chi connectivity index (χ4n) is 2.86. The predicted octanol–water partition coefficient (Wildman–Crippen LogP) is 1.02. The van der Waals surface area contributed by atoms with Gasteiger partial charge in [0.05, 0.1) is 17.6 Å². The largest absolute Gasteiger partial charge is 0.379 e. The van der Waals surface area contributed by atoms with Gasteiger partial charge in [-0.05, 0) is 50.3 Å². The molecule has 1 atom stereocenters. The van der Waals surface area contributed by atoms with Crippen molar-refractivity contribution in [3.05, 3.63) is 29.8 Å². The minimum atomic E-state index is -3.64. The third kappa shape index (κ3) is 8.55. The Balaban J connectivity index is 1.66. The average Bonchev–Trinajstić information content (AvgIpc) is 3.17. The molecule has 0 bridgehead atoms. The first-order valence-electron chi connectivity index (χ1n) is 9.82. The zero-order valence-corrected chi connectivity index (χ0v) is 17.3. The molecule has 1 aromatic rings. The molecule has 158 valence electrons. The Labute approximate surface area is 167 Å². The summed E-state index contributed by atoms with van der Waals surface area (Å²) in [5.41, 5.74) is 1.03. The van der Waals surface area contributed by atoms with Crippen molar-refractivity contribution in [1.29, 1.82) is 0 Å². The molecule has 0 radical (unpaired) electrons. The lowest BCUT2D eigenvalue weighted by atomic mass is 10.1. The molecule has 8 nitrogen and oxygen atoms in total. The number of primary sulfonamides is 1. The van der Waals surface area contributed by atoms with E-state index in [4.69, 9.17) is 14.6 Å². The summed E-state index contributed by atoms with van der Waals surface area (Å²) in [6.45, 7) is 6.38. The molecule has 1 unspecified atom stereocenters. The minimum Gasteiger partial charge on any atom is -0.379 e. The third-order valence-corrected chi connectivity index (χ3v) is 5.28. The summed E-state index contributed by atoms with van der Waals surface area (Å²) in [5, 5.41) is 11.6. The summed E-state index contributed by atoms with van der Waals surface area (Å²) < 4.78 is 33.7. The highest BCUT2D eigenvalue weighted by Crippen LogP contribution is 2.12. The van der Waals surface area contributed by atoms with E-state index in [0.717, 1.165) is 50.4 Å². The van der Waals surface area contributed by atoms with Gasteiger partial charge in [0.2, 0.25) is 10.0 Å². The summed E-state index contributed by atoms with van der Waals surface area (Å²) >= 11 is 0. The van der Waals surface area contributed by atoms with Crippen molar-refractivity contribution in [1.82, 2.24) is 10.6 Å². The van der Waals surface area contributed by atoms with Crippen LogP contribution in [0.3, 0.4) is 0 Å². The molecule has 2 rings (SSSR count). The number of ether oxygens (including phenoxy) is 2. The Kier molecular flexibility index (Phi) is 9.69. The first kappa shape index (κ1) is 22.6. The summed E-state index contributed by atoms with van der Waals surface area (Å²) in [7, 11) is -3.64. The van der Waals surface area contributed by atoms with Gasteiger partial charge in [-0.25, -0.2) is 13.6 Å². The monoisotopic (exact) mass is 412 g/mol. The molecule has 1 heterocycles. The average molecular weight is 413 g/mol. The maximum absolute atomic E-state index is 11.3. The maximum Gasteiger partial charge on any atom is 0.238 e. The van der Waals surface area contributed by atoms with Crippen molar-refractivity contribution in [2.45, 2.75) is 43.6 Å². The highest BCUT2D eigenvalue weighted by Gasteiger charge is 2.14. The van der Waals surface area contributed by atoms with E-state index in [1.54, 1.807) is 12.1 Å². The van der Waals surface area contributed by atoms with Crippen molar-refractivity contribution in [2.24, 2.45) is 10.1 Å². The Hall–Kier alpha value is -1.68. The Morgan fingerprint density at radius 2 is 2.11 bits per heavy atom. The molecule has 1 fully saturated rings. The molecule has 0 spiro atoms. The topological polar surface area (TPSA) is 115 Å². The van der Waals surface area contributed by atoms with Gasteiger partial charge in [0, 0.05) is 32.8 Å². The Bertz CT molecular complexity index is 701. The molecule has 1 aromatic carbocycles. The fourth-order valence-corrected chi connectivity index (χ4v) is 3.38. The highest BCUT2D eigenvalue weighted by molar-refractivity contribution is 7.89. The van der Waals surface area contributed by atoms with Crippen LogP contribution in [0.1, 0.15) is 31.7 Å². The standard InChI is InChI=1S/C19H32N4O4S/c1-2-21-19(22-11-4-13-26-15-17-5-3-14-27-17)23-12-10-16-6-8-18(9-7-16)28(20,24)25/h6-9,17H,2-5,10-15H2,1H3,(H2,20,24,25)(H2,21,22,23). The van der Waals surface area contributed by atoms with E-state index in [0.29, 0.717) is 26.3 Å². The fraction of sp³-hybridized carbons (Fsp3) is 0.632. The first-order valence-corrected chi connectivity index (χ1v) is 11.4. The highest BCUT2D eigenvalue weighted by atomic mass is 32.2. The molecule has 9 heteroatoms. The van der Waals surface area contributed by atoms with E-state index in [-0.39, 0.29) is 11.0 Å². The molecule has 0 aliphatic carbocycles. The summed E-state index contributed by atoms with van der Waals surface area (Å²) in [4.78, 5) is 4.67. The van der Waals surface area contributed by atoms with Crippen LogP contribution in [0.15, 0.2) is 34.2 Å². The van der Waals surface area contributed by atoms with Crippen molar-refractivity contribution >= 4 is 16.0 Å². The van der Waals surface area contributed by atoms with Crippen LogP contribution in [-0.2, 0) is 25.9 Å². The van der Waals surface area contributed by atoms with Crippen molar-refractivity contribution in [3.63, 3.8) is 0 Å². The molecule has 0 aromatic heterocycles. The van der Waals surface area contributed by atoms with Crippen LogP contribution in [0.4, 0.5) is 0 Å². The quantitative estimate of drug-likeness (QED) is 0.284. The van der Waals surface area contributed by atoms with Gasteiger partial charge in [0.1, 0.15) is 0 Å². The lowest BCUT2D eigenvalue weighted by Gasteiger charge is -2.12. The molecule has 0 amide bonds. The molecular weight excluding hydrogens is 380 g/mol. The van der Waals surface area contributed by atoms with Crippen LogP contribution in [0.5, 0.6) is 0 Å². The number of hydrogen-bond donors (Lipinski definition) is 3. The van der Waals surface area contributed by atoms with Gasteiger partial charge in [-0.1, -0.05) is 12.1 Å². The summed E-state index contributed by atoms with van der Waals surface area (Å²) in [6, 6.07) is 6.61. The second-order valence-corrected chi connectivity index (χ2v) is 8.25. The van der Waals surface area contributed by atoms with Gasteiger partial charge in [-0.2, -0.15) is 0 Å². The van der Waals surface area contributed by atoms with Crippen LogP contribution in [0.25, 0.3) is 0 Å². The zero-order chi connectivity index (χ0) is 20.2. The molecule has 1 aliphatic heterocycles. The van der Waals surface area contributed by atoms with E-state index in [9.17, 15) is 8.42 Å². The number of hydrogen-bond acceptors (Lipinski definition) is 5. The smallest absolute Gasteiger partial charge is 0.238 e. The van der Waals surface area contributed by atoms with E-state index in [1.807, 2.05) is 6.92 Å². The predicted molar refractivity (Wildman–Crippen MR) is 110 cm³/mol. The minimum absolute atomic E-state index is 0.126. The van der Waals surface area contributed by atoms with Gasteiger partial charge < -0.3 is 20.1 Å². The van der Waals surface area contributed by atoms with E-state index >= 15 is 0 Å². The van der Waals surface area contributed by atoms with Crippen molar-refractivity contribution in [2.75, 3.05) is 39.5 Å². The van der Waals surface area contributed by atoms with Gasteiger partial charge >= 0.3 is 0 Å². The molecule has 1 aliphatic rings. The summed E-state index contributed by atoms with van der Waals surface area (Å²) in [5.74, 6) is 0.766. The van der Waals surface area contributed by atoms with Crippen LogP contribution >= 0.6 is 0 Å². The van der Waals surface area contributed by atoms with E-state index in [2.05, 4.69) is 15.6 Å². The number of nitrogens with two attached hydrogens (primary N) is 1. The number of nitrogens with zero attached hydrogens (tertiary/aromatic N) is 1. The van der Waals surface area contributed by atoms with Gasteiger partial charge in [0.15, 0.2) is 5.96 Å². The van der Waals surface area contributed by atoms with E-state index in [1.165, 1.54) is 12.1 Å². The van der Waals surface area contributed by atoms with Crippen LogP contribution < -0.4 is 15.8 Å². The second-order valence-electron chi connectivity index (χ2n) is 6.69. The molecule has 4 N–H and O–H groups in total. The molecule has 1 saturated heterocycles. The lowest BCUT2D eigenvalue weighted by molar-refractivity contribution is 0.0171. The lowest BCUT2D eigenvalue weighted by Crippen LogP contribution is -2.38. The second kappa shape index (κ2) is 12.0. The van der Waals surface area contributed by atoms with Crippen molar-refractivity contribution in [3.8, 4) is 0 Å². The number of nitrogens with one attached hydrogen (secondary N) is 2. The molecule has 28 heavy (non-hydrogen) atoms. The first-order chi connectivity index (χ1) is 13.5. The third-order valence-electron chi connectivity index (χ3n) is 4.35. The van der Waals surface area contributed by atoms with Gasteiger partial charge in [-0.3, -0.25) is 4.99 Å². The zero-order valence-electron chi connectivity index (χ0n) is 16.5. The number of sulfonamides is 1. The number of guanidine groups is 1. The molecule has 0 saturated carbocycles. The van der Waals surface area contributed by atoms with Crippen LogP contribution in [-0.4, -0.2) is 59.9 Å². The number of aliphatic imine (C=N–C) groups is 1. The van der Waals surface area contributed by atoms with Crippen molar-refractivity contribution < 1.29 is 17.9 Å². The maximum atomic E-state index is 11.3. The van der Waals surface area contributed by atoms with Crippen LogP contribution in [0.2, 0.25) is 0 Å². The Morgan fingerprint density at radius 3 is 2.75 bits per heavy atom. The molecular formula is C19H32N4O4S. The summed E-state index contributed by atoms with van der Waals surface area (Å²) in [6.07, 6.45) is 4.10.